The number of aromatic nitrogens is 6. The number of hydrogen-bond acceptors (Lipinski definition) is 4. The van der Waals surface area contributed by atoms with Crippen LogP contribution in [0.3, 0.4) is 0 Å². The quantitative estimate of drug-likeness (QED) is 0.516. The van der Waals surface area contributed by atoms with Gasteiger partial charge >= 0.3 is 0 Å². The van der Waals surface area contributed by atoms with Crippen molar-refractivity contribution in [2.45, 2.75) is 13.3 Å². The van der Waals surface area contributed by atoms with E-state index < -0.39 is 0 Å². The van der Waals surface area contributed by atoms with Crippen LogP contribution in [0.5, 0.6) is 0 Å². The molecule has 0 amide bonds. The van der Waals surface area contributed by atoms with Crippen molar-refractivity contribution in [1.82, 2.24) is 29.1 Å². The van der Waals surface area contributed by atoms with Gasteiger partial charge < -0.3 is 9.55 Å². The molecule has 29 heavy (non-hydrogen) atoms. The van der Waals surface area contributed by atoms with Gasteiger partial charge in [0, 0.05) is 18.0 Å². The summed E-state index contributed by atoms with van der Waals surface area (Å²) in [6.07, 6.45) is 7.60. The Morgan fingerprint density at radius 3 is 2.59 bits per heavy atom. The second-order valence-corrected chi connectivity index (χ2v) is 6.67. The maximum absolute atomic E-state index is 13.1. The van der Waals surface area contributed by atoms with Crippen molar-refractivity contribution in [3.8, 4) is 28.3 Å². The van der Waals surface area contributed by atoms with Gasteiger partial charge in [-0.15, -0.1) is 0 Å². The van der Waals surface area contributed by atoms with Gasteiger partial charge in [0.25, 0.3) is 5.56 Å². The number of H-pyrrole nitrogens is 1. The number of aromatic amines is 1. The second kappa shape index (κ2) is 6.87. The lowest BCUT2D eigenvalue weighted by Gasteiger charge is -2.10. The van der Waals surface area contributed by atoms with Crippen molar-refractivity contribution in [2.75, 3.05) is 0 Å². The Labute approximate surface area is 166 Å². The van der Waals surface area contributed by atoms with E-state index in [0.717, 1.165) is 28.3 Å². The van der Waals surface area contributed by atoms with Crippen molar-refractivity contribution in [3.05, 3.63) is 89.4 Å². The molecule has 0 aliphatic heterocycles. The summed E-state index contributed by atoms with van der Waals surface area (Å²) in [5, 5.41) is 4.33. The van der Waals surface area contributed by atoms with Gasteiger partial charge in [0.1, 0.15) is 17.7 Å². The number of imidazole rings is 1. The molecule has 7 nitrogen and oxygen atoms in total. The van der Waals surface area contributed by atoms with Gasteiger partial charge in [0.05, 0.1) is 17.6 Å². The fraction of sp³-hybridized carbons (Fsp3) is 0.0909. The number of hydrogen-bond donors (Lipinski definition) is 1. The van der Waals surface area contributed by atoms with Crippen LogP contribution in [-0.2, 0) is 6.42 Å². The molecule has 0 unspecified atom stereocenters. The Balaban J connectivity index is 1.70. The van der Waals surface area contributed by atoms with E-state index in [-0.39, 0.29) is 5.56 Å². The van der Waals surface area contributed by atoms with Crippen LogP contribution >= 0.6 is 0 Å². The van der Waals surface area contributed by atoms with Crippen molar-refractivity contribution in [3.63, 3.8) is 0 Å². The van der Waals surface area contributed by atoms with Gasteiger partial charge in [0.2, 0.25) is 0 Å². The average Bonchev–Trinajstić information content (AvgIpc) is 3.42. The Hall–Kier alpha value is -4.00. The minimum absolute atomic E-state index is 0.114. The molecular weight excluding hydrogens is 364 g/mol. The zero-order chi connectivity index (χ0) is 19.8. The molecule has 0 saturated carbocycles. The summed E-state index contributed by atoms with van der Waals surface area (Å²) in [6, 6.07) is 15.6. The molecule has 0 bridgehead atoms. The first kappa shape index (κ1) is 17.1. The van der Waals surface area contributed by atoms with Crippen molar-refractivity contribution < 1.29 is 0 Å². The van der Waals surface area contributed by atoms with Crippen LogP contribution in [0.1, 0.15) is 12.5 Å². The smallest absolute Gasteiger partial charge is 0.278 e. The molecule has 5 rings (SSSR count). The molecule has 4 heterocycles. The topological polar surface area (TPSA) is 80.9 Å². The summed E-state index contributed by atoms with van der Waals surface area (Å²) in [5.74, 6) is 0. The van der Waals surface area contributed by atoms with Gasteiger partial charge in [-0.2, -0.15) is 9.61 Å². The molecule has 1 aromatic carbocycles. The number of rotatable bonds is 4. The first-order chi connectivity index (χ1) is 14.3. The molecule has 0 aliphatic carbocycles. The fourth-order valence-corrected chi connectivity index (χ4v) is 3.51. The standard InChI is InChI=1S/C22H18N6O/c1-2-16-20(15-8-4-3-5-9-15)26-21-19(12-25-28(21)22(16)29)27-13-18(24-14-27)17-10-6-7-11-23-17/h3-14,26H,2H2,1H3. The molecule has 0 atom stereocenters. The zero-order valence-electron chi connectivity index (χ0n) is 15.8. The molecule has 0 radical (unpaired) electrons. The average molecular weight is 382 g/mol. The molecule has 5 aromatic rings. The molecule has 0 spiro atoms. The molecule has 1 N–H and O–H groups in total. The third-order valence-corrected chi connectivity index (χ3v) is 4.95. The number of pyridine rings is 1. The summed E-state index contributed by atoms with van der Waals surface area (Å²) in [4.78, 5) is 25.3. The summed E-state index contributed by atoms with van der Waals surface area (Å²) < 4.78 is 3.27. The maximum Gasteiger partial charge on any atom is 0.278 e. The number of nitrogens with zero attached hydrogens (tertiary/aromatic N) is 5. The highest BCUT2D eigenvalue weighted by Gasteiger charge is 2.17. The van der Waals surface area contributed by atoms with E-state index in [0.29, 0.717) is 17.6 Å². The zero-order valence-corrected chi connectivity index (χ0v) is 15.8. The first-order valence-electron chi connectivity index (χ1n) is 9.40. The Kier molecular flexibility index (Phi) is 4.05. The SMILES string of the molecule is CCc1c(-c2ccccc2)[nH]c2c(-n3cnc(-c4ccccn4)c3)cnn2c1=O. The fourth-order valence-electron chi connectivity index (χ4n) is 3.51. The minimum atomic E-state index is -0.114. The molecule has 0 aliphatic rings. The van der Waals surface area contributed by atoms with Crippen molar-refractivity contribution in [1.29, 1.82) is 0 Å². The predicted molar refractivity (Wildman–Crippen MR) is 111 cm³/mol. The lowest BCUT2D eigenvalue weighted by atomic mass is 10.1. The van der Waals surface area contributed by atoms with Gasteiger partial charge in [-0.1, -0.05) is 43.3 Å². The van der Waals surface area contributed by atoms with Crippen LogP contribution in [0.25, 0.3) is 34.0 Å². The van der Waals surface area contributed by atoms with E-state index in [1.54, 1.807) is 18.7 Å². The van der Waals surface area contributed by atoms with E-state index in [9.17, 15) is 4.79 Å². The minimum Gasteiger partial charge on any atom is -0.337 e. The van der Waals surface area contributed by atoms with E-state index in [1.165, 1.54) is 4.52 Å². The molecule has 142 valence electrons. The van der Waals surface area contributed by atoms with E-state index in [4.69, 9.17) is 0 Å². The van der Waals surface area contributed by atoms with Crippen LogP contribution in [0.4, 0.5) is 0 Å². The first-order valence-corrected chi connectivity index (χ1v) is 9.40. The lowest BCUT2D eigenvalue weighted by Crippen LogP contribution is -2.21. The highest BCUT2D eigenvalue weighted by Crippen LogP contribution is 2.23. The largest absolute Gasteiger partial charge is 0.337 e. The lowest BCUT2D eigenvalue weighted by molar-refractivity contribution is 0.870. The van der Waals surface area contributed by atoms with Crippen molar-refractivity contribution >= 4 is 5.65 Å². The Morgan fingerprint density at radius 1 is 1.00 bits per heavy atom. The predicted octanol–water partition coefficient (Wildman–Crippen LogP) is 3.50. The molecule has 0 fully saturated rings. The number of nitrogens with one attached hydrogen (secondary N) is 1. The molecule has 0 saturated heterocycles. The van der Waals surface area contributed by atoms with Gasteiger partial charge in [0.15, 0.2) is 5.65 Å². The summed E-state index contributed by atoms with van der Waals surface area (Å²) in [7, 11) is 0. The number of fused-ring (bicyclic) bond motifs is 1. The monoisotopic (exact) mass is 382 g/mol. The third-order valence-electron chi connectivity index (χ3n) is 4.95. The van der Waals surface area contributed by atoms with Crippen LogP contribution in [-0.4, -0.2) is 29.1 Å². The highest BCUT2D eigenvalue weighted by molar-refractivity contribution is 5.69. The van der Waals surface area contributed by atoms with E-state index in [1.807, 2.05) is 66.2 Å². The summed E-state index contributed by atoms with van der Waals surface area (Å²) in [6.45, 7) is 1.97. The Bertz CT molecular complexity index is 1350. The molecule has 4 aromatic heterocycles. The van der Waals surface area contributed by atoms with Crippen LogP contribution in [0.15, 0.2) is 78.2 Å². The highest BCUT2D eigenvalue weighted by atomic mass is 16.1. The van der Waals surface area contributed by atoms with Crippen molar-refractivity contribution in [2.24, 2.45) is 0 Å². The number of benzene rings is 1. The van der Waals surface area contributed by atoms with Crippen LogP contribution in [0.2, 0.25) is 0 Å². The van der Waals surface area contributed by atoms with E-state index >= 15 is 0 Å². The molecule has 7 heteroatoms. The van der Waals surface area contributed by atoms with E-state index in [2.05, 4.69) is 20.1 Å². The second-order valence-electron chi connectivity index (χ2n) is 6.67. The van der Waals surface area contributed by atoms with Crippen LogP contribution in [0, 0.1) is 0 Å². The maximum atomic E-state index is 13.1. The van der Waals surface area contributed by atoms with Gasteiger partial charge in [-0.3, -0.25) is 9.78 Å². The van der Waals surface area contributed by atoms with Gasteiger partial charge in [-0.25, -0.2) is 4.98 Å². The summed E-state index contributed by atoms with van der Waals surface area (Å²) in [5.41, 5.74) is 5.28. The Morgan fingerprint density at radius 2 is 1.83 bits per heavy atom. The third kappa shape index (κ3) is 2.84. The van der Waals surface area contributed by atoms with Gasteiger partial charge in [-0.05, 0) is 24.1 Å². The molecular formula is C22H18N6O. The van der Waals surface area contributed by atoms with Crippen LogP contribution < -0.4 is 5.56 Å². The summed E-state index contributed by atoms with van der Waals surface area (Å²) >= 11 is 0. The normalized spacial score (nSPS) is 11.2.